The van der Waals surface area contributed by atoms with Gasteiger partial charge >= 0.3 is 5.97 Å². The Kier molecular flexibility index (Phi) is 4.99. The first-order valence-corrected chi connectivity index (χ1v) is 4.88. The Morgan fingerprint density at radius 3 is 2.31 bits per heavy atom. The minimum absolute atomic E-state index is 0.584. The third kappa shape index (κ3) is 3.77. The Bertz CT molecular complexity index is 170. The molecule has 78 valence electrons. The van der Waals surface area contributed by atoms with Crippen molar-refractivity contribution < 1.29 is 9.90 Å². The minimum atomic E-state index is -0.686. The van der Waals surface area contributed by atoms with Gasteiger partial charge in [-0.3, -0.25) is 4.79 Å². The summed E-state index contributed by atoms with van der Waals surface area (Å²) >= 11 is 0. The lowest BCUT2D eigenvalue weighted by molar-refractivity contribution is -0.149. The summed E-state index contributed by atoms with van der Waals surface area (Å²) in [7, 11) is 1.96. The average molecular weight is 187 g/mol. The first kappa shape index (κ1) is 12.4. The van der Waals surface area contributed by atoms with E-state index in [1.807, 2.05) is 32.7 Å². The number of carboxylic acid groups (broad SMARTS) is 1. The van der Waals surface area contributed by atoms with Gasteiger partial charge in [0.2, 0.25) is 0 Å². The number of aliphatic carboxylic acids is 1. The topological polar surface area (TPSA) is 40.5 Å². The van der Waals surface area contributed by atoms with Crippen LogP contribution in [-0.4, -0.2) is 36.1 Å². The van der Waals surface area contributed by atoms with Crippen molar-refractivity contribution in [2.75, 3.05) is 20.1 Å². The molecule has 0 aromatic rings. The number of rotatable bonds is 6. The molecule has 0 radical (unpaired) electrons. The van der Waals surface area contributed by atoms with E-state index in [4.69, 9.17) is 5.11 Å². The molecular weight excluding hydrogens is 166 g/mol. The van der Waals surface area contributed by atoms with Gasteiger partial charge in [-0.2, -0.15) is 0 Å². The fraction of sp³-hybridized carbons (Fsp3) is 0.900. The van der Waals surface area contributed by atoms with E-state index in [2.05, 4.69) is 0 Å². The van der Waals surface area contributed by atoms with Gasteiger partial charge in [-0.25, -0.2) is 0 Å². The van der Waals surface area contributed by atoms with Gasteiger partial charge in [0.05, 0.1) is 5.41 Å². The summed E-state index contributed by atoms with van der Waals surface area (Å²) in [6.07, 6.45) is 1.66. The fourth-order valence-electron chi connectivity index (χ4n) is 1.51. The molecule has 1 atom stereocenters. The van der Waals surface area contributed by atoms with E-state index in [1.165, 1.54) is 0 Å². The second-order valence-electron chi connectivity index (χ2n) is 3.95. The summed E-state index contributed by atoms with van der Waals surface area (Å²) in [6, 6.07) is 0. The molecule has 0 saturated heterocycles. The maximum absolute atomic E-state index is 11.0. The third-order valence-corrected chi connectivity index (χ3v) is 2.48. The molecule has 0 aliphatic carbocycles. The molecule has 3 nitrogen and oxygen atoms in total. The smallest absolute Gasteiger partial charge is 0.310 e. The van der Waals surface area contributed by atoms with E-state index in [9.17, 15) is 4.79 Å². The summed E-state index contributed by atoms with van der Waals surface area (Å²) in [5, 5.41) is 9.08. The molecule has 0 aromatic carbocycles. The zero-order valence-electron chi connectivity index (χ0n) is 9.13. The molecule has 0 heterocycles. The summed E-state index contributed by atoms with van der Waals surface area (Å²) in [5.74, 6) is -0.686. The SMILES string of the molecule is CCCC(C)(CN(C)CC)C(=O)O. The van der Waals surface area contributed by atoms with E-state index < -0.39 is 11.4 Å². The first-order chi connectivity index (χ1) is 5.96. The van der Waals surface area contributed by atoms with Crippen molar-refractivity contribution in [3.63, 3.8) is 0 Å². The highest BCUT2D eigenvalue weighted by atomic mass is 16.4. The quantitative estimate of drug-likeness (QED) is 0.689. The van der Waals surface area contributed by atoms with Crippen LogP contribution in [0, 0.1) is 5.41 Å². The van der Waals surface area contributed by atoms with Crippen LogP contribution in [-0.2, 0) is 4.79 Å². The lowest BCUT2D eigenvalue weighted by Gasteiger charge is -2.29. The average Bonchev–Trinajstić information content (AvgIpc) is 2.04. The molecule has 1 N–H and O–H groups in total. The molecule has 0 spiro atoms. The summed E-state index contributed by atoms with van der Waals surface area (Å²) < 4.78 is 0. The third-order valence-electron chi connectivity index (χ3n) is 2.48. The monoisotopic (exact) mass is 187 g/mol. The number of carboxylic acids is 1. The number of hydrogen-bond acceptors (Lipinski definition) is 2. The second kappa shape index (κ2) is 5.22. The van der Waals surface area contributed by atoms with Crippen molar-refractivity contribution in [2.45, 2.75) is 33.6 Å². The molecule has 0 aliphatic rings. The highest BCUT2D eigenvalue weighted by molar-refractivity contribution is 5.74. The highest BCUT2D eigenvalue weighted by Gasteiger charge is 2.32. The molecular formula is C10H21NO2. The Morgan fingerprint density at radius 2 is 2.00 bits per heavy atom. The van der Waals surface area contributed by atoms with E-state index in [1.54, 1.807) is 0 Å². The molecule has 0 bridgehead atoms. The van der Waals surface area contributed by atoms with Gasteiger partial charge in [0.1, 0.15) is 0 Å². The van der Waals surface area contributed by atoms with E-state index in [0.29, 0.717) is 6.54 Å². The molecule has 0 amide bonds. The van der Waals surface area contributed by atoms with Crippen LogP contribution in [0.25, 0.3) is 0 Å². The van der Waals surface area contributed by atoms with Crippen molar-refractivity contribution >= 4 is 5.97 Å². The van der Waals surface area contributed by atoms with Crippen LogP contribution in [0.15, 0.2) is 0 Å². The van der Waals surface area contributed by atoms with Crippen molar-refractivity contribution in [3.05, 3.63) is 0 Å². The van der Waals surface area contributed by atoms with Crippen LogP contribution in [0.1, 0.15) is 33.6 Å². The summed E-state index contributed by atoms with van der Waals surface area (Å²) in [6.45, 7) is 7.41. The Hall–Kier alpha value is -0.570. The molecule has 0 rings (SSSR count). The van der Waals surface area contributed by atoms with Crippen molar-refractivity contribution in [1.29, 1.82) is 0 Å². The maximum atomic E-state index is 11.0. The lowest BCUT2D eigenvalue weighted by atomic mass is 9.85. The normalized spacial score (nSPS) is 15.8. The minimum Gasteiger partial charge on any atom is -0.481 e. The molecule has 1 unspecified atom stereocenters. The van der Waals surface area contributed by atoms with E-state index >= 15 is 0 Å². The number of nitrogens with zero attached hydrogens (tertiary/aromatic N) is 1. The van der Waals surface area contributed by atoms with Crippen LogP contribution < -0.4 is 0 Å². The highest BCUT2D eigenvalue weighted by Crippen LogP contribution is 2.24. The Balaban J connectivity index is 4.32. The molecule has 0 fully saturated rings. The van der Waals surface area contributed by atoms with Gasteiger partial charge in [0.25, 0.3) is 0 Å². The predicted molar refractivity (Wildman–Crippen MR) is 53.8 cm³/mol. The van der Waals surface area contributed by atoms with Gasteiger partial charge < -0.3 is 10.0 Å². The maximum Gasteiger partial charge on any atom is 0.310 e. The van der Waals surface area contributed by atoms with Gasteiger partial charge in [0.15, 0.2) is 0 Å². The number of hydrogen-bond donors (Lipinski definition) is 1. The van der Waals surface area contributed by atoms with Crippen molar-refractivity contribution in [2.24, 2.45) is 5.41 Å². The summed E-state index contributed by atoms with van der Waals surface area (Å²) in [5.41, 5.74) is -0.584. The van der Waals surface area contributed by atoms with Crippen molar-refractivity contribution in [3.8, 4) is 0 Å². The van der Waals surface area contributed by atoms with Crippen LogP contribution in [0.2, 0.25) is 0 Å². The molecule has 13 heavy (non-hydrogen) atoms. The second-order valence-corrected chi connectivity index (χ2v) is 3.95. The van der Waals surface area contributed by atoms with Crippen LogP contribution >= 0.6 is 0 Å². The van der Waals surface area contributed by atoms with Gasteiger partial charge in [-0.15, -0.1) is 0 Å². The summed E-state index contributed by atoms with van der Waals surface area (Å²) in [4.78, 5) is 13.1. The zero-order chi connectivity index (χ0) is 10.5. The standard InChI is InChI=1S/C10H21NO2/c1-5-7-10(3,9(12)13)8-11(4)6-2/h5-8H2,1-4H3,(H,12,13). The molecule has 0 aromatic heterocycles. The van der Waals surface area contributed by atoms with Crippen molar-refractivity contribution in [1.82, 2.24) is 4.90 Å². The van der Waals surface area contributed by atoms with Gasteiger partial charge in [0, 0.05) is 6.54 Å². The first-order valence-electron chi connectivity index (χ1n) is 4.88. The lowest BCUT2D eigenvalue weighted by Crippen LogP contribution is -2.39. The largest absolute Gasteiger partial charge is 0.481 e. The Labute approximate surface area is 80.7 Å². The molecule has 0 saturated carbocycles. The van der Waals surface area contributed by atoms with Gasteiger partial charge in [-0.05, 0) is 26.9 Å². The van der Waals surface area contributed by atoms with E-state index in [0.717, 1.165) is 19.4 Å². The molecule has 0 aliphatic heterocycles. The van der Waals surface area contributed by atoms with Gasteiger partial charge in [-0.1, -0.05) is 20.3 Å². The zero-order valence-corrected chi connectivity index (χ0v) is 9.13. The predicted octanol–water partition coefficient (Wildman–Crippen LogP) is 1.83. The van der Waals surface area contributed by atoms with Crippen LogP contribution in [0.4, 0.5) is 0 Å². The van der Waals surface area contributed by atoms with Crippen LogP contribution in [0.5, 0.6) is 0 Å². The van der Waals surface area contributed by atoms with Crippen LogP contribution in [0.3, 0.4) is 0 Å². The van der Waals surface area contributed by atoms with E-state index in [-0.39, 0.29) is 0 Å². The number of carbonyl (C=O) groups is 1. The fourth-order valence-corrected chi connectivity index (χ4v) is 1.51. The Morgan fingerprint density at radius 1 is 1.46 bits per heavy atom. The molecule has 3 heteroatoms.